The van der Waals surface area contributed by atoms with Gasteiger partial charge in [-0.3, -0.25) is 0 Å². The number of ether oxygens (including phenoxy) is 2. The highest BCUT2D eigenvalue weighted by Crippen LogP contribution is 2.55. The highest BCUT2D eigenvalue weighted by molar-refractivity contribution is 7.99. The first kappa shape index (κ1) is 18.5. The number of thioether (sulfide) groups is 1. The van der Waals surface area contributed by atoms with Gasteiger partial charge < -0.3 is 19.7 Å². The van der Waals surface area contributed by atoms with Crippen molar-refractivity contribution in [2.75, 3.05) is 26.5 Å². The number of nitrogens with one attached hydrogen (secondary N) is 1. The third kappa shape index (κ3) is 3.23. The predicted octanol–water partition coefficient (Wildman–Crippen LogP) is 4.43. The van der Waals surface area contributed by atoms with Crippen LogP contribution in [0.1, 0.15) is 49.5 Å². The summed E-state index contributed by atoms with van der Waals surface area (Å²) in [6.45, 7) is 0.785. The van der Waals surface area contributed by atoms with Crippen LogP contribution in [0.2, 0.25) is 0 Å². The lowest BCUT2D eigenvalue weighted by Gasteiger charge is -2.57. The Kier molecular flexibility index (Phi) is 4.65. The molecule has 5 fully saturated rings. The van der Waals surface area contributed by atoms with Gasteiger partial charge in [0.05, 0.1) is 14.2 Å². The van der Waals surface area contributed by atoms with Crippen LogP contribution in [-0.4, -0.2) is 43.0 Å². The zero-order valence-corrected chi connectivity index (χ0v) is 17.6. The standard InChI is InChI=1S/C22H30N2O3S/c1-26-18-8-17(9-19(10-18)27-2)20-24(3-4-28-20)21(25)23-22-11-14-5-15(12-22)7-16(6-14)13-22/h8-10,14-16,20H,3-7,11-13H2,1-2H3,(H,23,25)/t14?,15?,16?,20-,22?/m0/s1. The normalized spacial score (nSPS) is 35.9. The second-order valence-electron chi connectivity index (χ2n) is 9.19. The summed E-state index contributed by atoms with van der Waals surface area (Å²) in [4.78, 5) is 15.4. The Morgan fingerprint density at radius 1 is 1.04 bits per heavy atom. The number of carbonyl (C=O) groups excluding carboxylic acids is 1. The summed E-state index contributed by atoms with van der Waals surface area (Å²) in [5.74, 6) is 4.99. The zero-order valence-electron chi connectivity index (χ0n) is 16.8. The summed E-state index contributed by atoms with van der Waals surface area (Å²) in [5.41, 5.74) is 1.12. The van der Waals surface area contributed by atoms with Crippen LogP contribution in [0.15, 0.2) is 18.2 Å². The Morgan fingerprint density at radius 2 is 1.61 bits per heavy atom. The van der Waals surface area contributed by atoms with Crippen molar-refractivity contribution >= 4 is 17.8 Å². The fourth-order valence-electron chi connectivity index (χ4n) is 6.49. The van der Waals surface area contributed by atoms with E-state index in [9.17, 15) is 4.79 Å². The third-order valence-electron chi connectivity index (χ3n) is 7.22. The molecule has 0 aromatic heterocycles. The van der Waals surface area contributed by atoms with Gasteiger partial charge in [0.1, 0.15) is 16.9 Å². The van der Waals surface area contributed by atoms with Crippen molar-refractivity contribution in [2.45, 2.75) is 49.4 Å². The number of hydrogen-bond acceptors (Lipinski definition) is 4. The van der Waals surface area contributed by atoms with Crippen LogP contribution in [0.4, 0.5) is 4.79 Å². The molecule has 4 bridgehead atoms. The first-order valence-corrected chi connectivity index (χ1v) is 11.6. The van der Waals surface area contributed by atoms with E-state index in [0.717, 1.165) is 47.1 Å². The summed E-state index contributed by atoms with van der Waals surface area (Å²) in [5, 5.41) is 3.55. The fourth-order valence-corrected chi connectivity index (χ4v) is 7.72. The van der Waals surface area contributed by atoms with Crippen molar-refractivity contribution < 1.29 is 14.3 Å². The molecule has 1 atom stereocenters. The van der Waals surface area contributed by atoms with Crippen LogP contribution >= 0.6 is 11.8 Å². The molecule has 152 valence electrons. The average molecular weight is 403 g/mol. The lowest BCUT2D eigenvalue weighted by molar-refractivity contribution is -0.0156. The minimum absolute atomic E-state index is 0.0120. The van der Waals surface area contributed by atoms with Gasteiger partial charge in [-0.25, -0.2) is 4.79 Å². The van der Waals surface area contributed by atoms with Crippen LogP contribution in [0.3, 0.4) is 0 Å². The topological polar surface area (TPSA) is 50.8 Å². The first-order chi connectivity index (χ1) is 13.6. The van der Waals surface area contributed by atoms with Crippen molar-refractivity contribution in [1.29, 1.82) is 0 Å². The largest absolute Gasteiger partial charge is 0.497 e. The van der Waals surface area contributed by atoms with Crippen LogP contribution in [0.25, 0.3) is 0 Å². The summed E-state index contributed by atoms with van der Waals surface area (Å²) in [7, 11) is 3.33. The third-order valence-corrected chi connectivity index (χ3v) is 8.48. The minimum atomic E-state index is 0.0120. The second kappa shape index (κ2) is 7.05. The number of hydrogen-bond donors (Lipinski definition) is 1. The summed E-state index contributed by atoms with van der Waals surface area (Å²) < 4.78 is 10.9. The van der Waals surface area contributed by atoms with Crippen LogP contribution in [0, 0.1) is 17.8 Å². The number of methoxy groups -OCH3 is 2. The summed E-state index contributed by atoms with van der Waals surface area (Å²) in [6.07, 6.45) is 7.72. The van der Waals surface area contributed by atoms with E-state index in [1.54, 1.807) is 14.2 Å². The van der Waals surface area contributed by atoms with Crippen molar-refractivity contribution in [3.05, 3.63) is 23.8 Å². The fraction of sp³-hybridized carbons (Fsp3) is 0.682. The average Bonchev–Trinajstić information content (AvgIpc) is 3.16. The van der Waals surface area contributed by atoms with Gasteiger partial charge in [-0.1, -0.05) is 0 Å². The highest BCUT2D eigenvalue weighted by Gasteiger charge is 2.52. The van der Waals surface area contributed by atoms with Gasteiger partial charge in [-0.15, -0.1) is 11.8 Å². The molecule has 0 unspecified atom stereocenters. The Labute approximate surface area is 171 Å². The lowest BCUT2D eigenvalue weighted by Crippen LogP contribution is -2.61. The quantitative estimate of drug-likeness (QED) is 0.809. The molecular weight excluding hydrogens is 372 g/mol. The monoisotopic (exact) mass is 402 g/mol. The maximum absolute atomic E-state index is 13.4. The summed E-state index contributed by atoms with van der Waals surface area (Å²) in [6, 6.07) is 6.04. The van der Waals surface area contributed by atoms with E-state index in [1.807, 2.05) is 34.9 Å². The van der Waals surface area contributed by atoms with Crippen LogP contribution in [0.5, 0.6) is 11.5 Å². The molecule has 4 saturated carbocycles. The molecule has 1 aromatic rings. The Bertz CT molecular complexity index is 711. The molecule has 6 rings (SSSR count). The van der Waals surface area contributed by atoms with Crippen molar-refractivity contribution in [3.63, 3.8) is 0 Å². The van der Waals surface area contributed by atoms with Gasteiger partial charge in [0.2, 0.25) is 0 Å². The molecule has 0 spiro atoms. The van der Waals surface area contributed by atoms with Crippen LogP contribution in [-0.2, 0) is 0 Å². The number of amides is 2. The lowest BCUT2D eigenvalue weighted by atomic mass is 9.53. The number of rotatable bonds is 4. The first-order valence-electron chi connectivity index (χ1n) is 10.5. The Balaban J connectivity index is 1.35. The number of carbonyl (C=O) groups is 1. The second-order valence-corrected chi connectivity index (χ2v) is 10.4. The highest BCUT2D eigenvalue weighted by atomic mass is 32.2. The van der Waals surface area contributed by atoms with Gasteiger partial charge >= 0.3 is 6.03 Å². The Morgan fingerprint density at radius 3 is 2.14 bits per heavy atom. The van der Waals surface area contributed by atoms with Gasteiger partial charge in [0, 0.05) is 23.9 Å². The van der Waals surface area contributed by atoms with Gasteiger partial charge in [-0.05, 0) is 74.0 Å². The van der Waals surface area contributed by atoms with Gasteiger partial charge in [0.25, 0.3) is 0 Å². The van der Waals surface area contributed by atoms with Crippen molar-refractivity contribution in [2.24, 2.45) is 17.8 Å². The van der Waals surface area contributed by atoms with E-state index in [2.05, 4.69) is 5.32 Å². The molecule has 2 amide bonds. The van der Waals surface area contributed by atoms with Crippen LogP contribution < -0.4 is 14.8 Å². The molecule has 1 saturated heterocycles. The molecule has 4 aliphatic carbocycles. The number of urea groups is 1. The molecule has 0 radical (unpaired) electrons. The van der Waals surface area contributed by atoms with E-state index in [4.69, 9.17) is 9.47 Å². The van der Waals surface area contributed by atoms with Gasteiger partial charge in [0.15, 0.2) is 0 Å². The maximum Gasteiger partial charge on any atom is 0.319 e. The number of nitrogens with zero attached hydrogens (tertiary/aromatic N) is 1. The van der Waals surface area contributed by atoms with Crippen molar-refractivity contribution in [1.82, 2.24) is 10.2 Å². The number of benzene rings is 1. The zero-order chi connectivity index (χ0) is 19.3. The molecule has 6 heteroatoms. The predicted molar refractivity (Wildman–Crippen MR) is 111 cm³/mol. The van der Waals surface area contributed by atoms with E-state index >= 15 is 0 Å². The molecule has 1 N–H and O–H groups in total. The molecule has 1 heterocycles. The molecule has 1 aliphatic heterocycles. The smallest absolute Gasteiger partial charge is 0.319 e. The SMILES string of the molecule is COc1cc(OC)cc([C@@H]2SCCN2C(=O)NC23CC4CC(CC(C4)C2)C3)c1. The van der Waals surface area contributed by atoms with E-state index in [0.29, 0.717) is 0 Å². The Hall–Kier alpha value is -1.56. The summed E-state index contributed by atoms with van der Waals surface area (Å²) >= 11 is 1.82. The van der Waals surface area contributed by atoms with E-state index < -0.39 is 0 Å². The van der Waals surface area contributed by atoms with E-state index in [-0.39, 0.29) is 16.9 Å². The minimum Gasteiger partial charge on any atom is -0.497 e. The van der Waals surface area contributed by atoms with Crippen molar-refractivity contribution in [3.8, 4) is 11.5 Å². The molecule has 28 heavy (non-hydrogen) atoms. The van der Waals surface area contributed by atoms with E-state index in [1.165, 1.54) is 38.5 Å². The van der Waals surface area contributed by atoms with Gasteiger partial charge in [-0.2, -0.15) is 0 Å². The molecular formula is C22H30N2O3S. The maximum atomic E-state index is 13.4. The molecule has 1 aromatic carbocycles. The molecule has 5 nitrogen and oxygen atoms in total. The molecule has 5 aliphatic rings.